The Hall–Kier alpha value is -3.41. The van der Waals surface area contributed by atoms with Crippen molar-refractivity contribution in [2.75, 3.05) is 19.0 Å². The van der Waals surface area contributed by atoms with Gasteiger partial charge in [0.1, 0.15) is 18.5 Å². The molecule has 1 saturated heterocycles. The number of methoxy groups -OCH3 is 1. The number of ether oxygens (including phenoxy) is 3. The number of hydrogen-bond donors (Lipinski definition) is 2. The van der Waals surface area contributed by atoms with Gasteiger partial charge in [-0.2, -0.15) is 0 Å². The number of rotatable bonds is 8. The van der Waals surface area contributed by atoms with E-state index in [9.17, 15) is 14.7 Å². The predicted octanol–water partition coefficient (Wildman–Crippen LogP) is 1.70. The highest BCUT2D eigenvalue weighted by Gasteiger charge is 2.48. The summed E-state index contributed by atoms with van der Waals surface area (Å²) < 4.78 is 18.9. The van der Waals surface area contributed by atoms with Crippen LogP contribution in [-0.4, -0.2) is 68.5 Å². The number of aliphatic hydroxyl groups is 1. The van der Waals surface area contributed by atoms with Crippen LogP contribution in [0.1, 0.15) is 36.4 Å². The standard InChI is InChI=1S/C22H25N5O6/c1-3-7-15(29)26-19-16-20(24-11-23-19)27(12-25-16)21-18(31-2)17(14(10-28)32-21)33-22(30)13-8-5-4-6-9-13/h4-6,8-9,11-12,14,17-18,21,28H,3,7,10H2,1-2H3,(H,23,24,26,29)/t14-,17-,18-,21-/m1/s1. The molecule has 0 bridgehead atoms. The van der Waals surface area contributed by atoms with Crippen LogP contribution in [0, 0.1) is 0 Å². The molecular formula is C22H25N5O6. The first-order valence-corrected chi connectivity index (χ1v) is 10.6. The number of anilines is 1. The Balaban J connectivity index is 1.62. The molecule has 4 atom stereocenters. The van der Waals surface area contributed by atoms with Crippen LogP contribution in [0.25, 0.3) is 11.2 Å². The second-order valence-corrected chi connectivity index (χ2v) is 7.53. The molecule has 2 N–H and O–H groups in total. The number of carbonyl (C=O) groups is 2. The summed E-state index contributed by atoms with van der Waals surface area (Å²) in [5, 5.41) is 12.6. The number of nitrogens with one attached hydrogen (secondary N) is 1. The Morgan fingerprint density at radius 1 is 1.18 bits per heavy atom. The van der Waals surface area contributed by atoms with Gasteiger partial charge in [0.15, 0.2) is 29.3 Å². The summed E-state index contributed by atoms with van der Waals surface area (Å²) in [6, 6.07) is 8.54. The number of amides is 1. The van der Waals surface area contributed by atoms with Gasteiger partial charge in [-0.1, -0.05) is 25.1 Å². The number of aliphatic hydroxyl groups excluding tert-OH is 1. The van der Waals surface area contributed by atoms with Gasteiger partial charge in [0.2, 0.25) is 5.91 Å². The number of carbonyl (C=O) groups excluding carboxylic acids is 2. The molecule has 174 valence electrons. The minimum atomic E-state index is -0.874. The van der Waals surface area contributed by atoms with Crippen molar-refractivity contribution in [1.82, 2.24) is 19.5 Å². The number of imidazole rings is 1. The third-order valence-electron chi connectivity index (χ3n) is 5.36. The third-order valence-corrected chi connectivity index (χ3v) is 5.36. The van der Waals surface area contributed by atoms with Crippen LogP contribution in [0.5, 0.6) is 0 Å². The molecule has 4 rings (SSSR count). The predicted molar refractivity (Wildman–Crippen MR) is 116 cm³/mol. The van der Waals surface area contributed by atoms with Crippen molar-refractivity contribution in [2.24, 2.45) is 0 Å². The molecule has 1 amide bonds. The van der Waals surface area contributed by atoms with Gasteiger partial charge in [-0.3, -0.25) is 9.36 Å². The minimum absolute atomic E-state index is 0.174. The fourth-order valence-electron chi connectivity index (χ4n) is 3.79. The molecule has 1 aromatic carbocycles. The highest BCUT2D eigenvalue weighted by atomic mass is 16.6. The number of aromatic nitrogens is 4. The number of esters is 1. The zero-order chi connectivity index (χ0) is 23.4. The van der Waals surface area contributed by atoms with Gasteiger partial charge in [-0.15, -0.1) is 0 Å². The number of benzene rings is 1. The van der Waals surface area contributed by atoms with Crippen molar-refractivity contribution >= 4 is 28.9 Å². The van der Waals surface area contributed by atoms with Gasteiger partial charge in [0, 0.05) is 13.5 Å². The Morgan fingerprint density at radius 2 is 1.97 bits per heavy atom. The Labute approximate surface area is 189 Å². The molecule has 0 saturated carbocycles. The molecular weight excluding hydrogens is 430 g/mol. The molecule has 1 aliphatic rings. The molecule has 33 heavy (non-hydrogen) atoms. The van der Waals surface area contributed by atoms with Gasteiger partial charge in [-0.25, -0.2) is 19.7 Å². The van der Waals surface area contributed by atoms with Crippen LogP contribution >= 0.6 is 0 Å². The highest BCUT2D eigenvalue weighted by Crippen LogP contribution is 2.35. The van der Waals surface area contributed by atoms with E-state index in [0.29, 0.717) is 29.6 Å². The van der Waals surface area contributed by atoms with Crippen molar-refractivity contribution in [2.45, 2.75) is 44.3 Å². The van der Waals surface area contributed by atoms with Crippen molar-refractivity contribution in [3.8, 4) is 0 Å². The van der Waals surface area contributed by atoms with Crippen LogP contribution in [0.15, 0.2) is 43.0 Å². The zero-order valence-electron chi connectivity index (χ0n) is 18.2. The summed E-state index contributed by atoms with van der Waals surface area (Å²) in [5.74, 6) is -0.439. The van der Waals surface area contributed by atoms with E-state index in [1.54, 1.807) is 34.9 Å². The first kappa shape index (κ1) is 22.8. The zero-order valence-corrected chi connectivity index (χ0v) is 18.2. The van der Waals surface area contributed by atoms with E-state index in [2.05, 4.69) is 20.3 Å². The molecule has 11 nitrogen and oxygen atoms in total. The van der Waals surface area contributed by atoms with Gasteiger partial charge in [-0.05, 0) is 18.6 Å². The second kappa shape index (κ2) is 10.0. The van der Waals surface area contributed by atoms with Crippen LogP contribution in [0.3, 0.4) is 0 Å². The lowest BCUT2D eigenvalue weighted by Gasteiger charge is -2.23. The number of fused-ring (bicyclic) bond motifs is 1. The summed E-state index contributed by atoms with van der Waals surface area (Å²) in [7, 11) is 1.47. The quantitative estimate of drug-likeness (QED) is 0.486. The lowest BCUT2D eigenvalue weighted by atomic mass is 10.1. The van der Waals surface area contributed by atoms with E-state index in [-0.39, 0.29) is 18.3 Å². The van der Waals surface area contributed by atoms with Crippen molar-refractivity contribution in [3.05, 3.63) is 48.5 Å². The molecule has 2 aromatic heterocycles. The second-order valence-electron chi connectivity index (χ2n) is 7.53. The number of hydrogen-bond acceptors (Lipinski definition) is 9. The first-order valence-electron chi connectivity index (χ1n) is 10.6. The van der Waals surface area contributed by atoms with Crippen LogP contribution in [-0.2, 0) is 19.0 Å². The summed E-state index contributed by atoms with van der Waals surface area (Å²) in [6.45, 7) is 1.52. The highest BCUT2D eigenvalue weighted by molar-refractivity contribution is 5.96. The van der Waals surface area contributed by atoms with Crippen LogP contribution in [0.4, 0.5) is 5.82 Å². The molecule has 3 aromatic rings. The molecule has 1 fully saturated rings. The lowest BCUT2D eigenvalue weighted by Crippen LogP contribution is -2.39. The summed E-state index contributed by atoms with van der Waals surface area (Å²) >= 11 is 0. The lowest BCUT2D eigenvalue weighted by molar-refractivity contribution is -0.116. The van der Waals surface area contributed by atoms with Gasteiger partial charge >= 0.3 is 5.97 Å². The van der Waals surface area contributed by atoms with Crippen molar-refractivity contribution < 1.29 is 28.9 Å². The normalized spacial score (nSPS) is 22.4. The fourth-order valence-corrected chi connectivity index (χ4v) is 3.79. The maximum Gasteiger partial charge on any atom is 0.338 e. The first-order chi connectivity index (χ1) is 16.1. The van der Waals surface area contributed by atoms with E-state index < -0.39 is 30.5 Å². The summed E-state index contributed by atoms with van der Waals surface area (Å²) in [4.78, 5) is 37.4. The topological polar surface area (TPSA) is 138 Å². The molecule has 1 aliphatic heterocycles. The maximum atomic E-state index is 12.6. The van der Waals surface area contributed by atoms with Crippen molar-refractivity contribution in [3.63, 3.8) is 0 Å². The van der Waals surface area contributed by atoms with Crippen LogP contribution < -0.4 is 5.32 Å². The Bertz CT molecular complexity index is 1120. The van der Waals surface area contributed by atoms with Gasteiger partial charge < -0.3 is 24.6 Å². The summed E-state index contributed by atoms with van der Waals surface area (Å²) in [6.07, 6.45) is 0.620. The summed E-state index contributed by atoms with van der Waals surface area (Å²) in [5.41, 5.74) is 1.15. The van der Waals surface area contributed by atoms with Crippen molar-refractivity contribution in [1.29, 1.82) is 0 Å². The van der Waals surface area contributed by atoms with E-state index in [1.807, 2.05) is 6.92 Å². The van der Waals surface area contributed by atoms with E-state index in [4.69, 9.17) is 14.2 Å². The van der Waals surface area contributed by atoms with E-state index >= 15 is 0 Å². The molecule has 0 radical (unpaired) electrons. The molecule has 0 spiro atoms. The Morgan fingerprint density at radius 3 is 2.67 bits per heavy atom. The van der Waals surface area contributed by atoms with E-state index in [1.165, 1.54) is 19.8 Å². The monoisotopic (exact) mass is 455 g/mol. The number of nitrogens with zero attached hydrogens (tertiary/aromatic N) is 4. The maximum absolute atomic E-state index is 12.6. The minimum Gasteiger partial charge on any atom is -0.453 e. The largest absolute Gasteiger partial charge is 0.453 e. The van der Waals surface area contributed by atoms with Gasteiger partial charge in [0.05, 0.1) is 18.5 Å². The molecule has 0 aliphatic carbocycles. The average Bonchev–Trinajstić information content (AvgIpc) is 3.41. The average molecular weight is 455 g/mol. The third kappa shape index (κ3) is 4.56. The molecule has 3 heterocycles. The van der Waals surface area contributed by atoms with E-state index in [0.717, 1.165) is 0 Å². The smallest absolute Gasteiger partial charge is 0.338 e. The fraction of sp³-hybridized carbons (Fsp3) is 0.409. The molecule has 0 unspecified atom stereocenters. The SMILES string of the molecule is CCCC(=O)Nc1ncnc2c1ncn2[C@@H]1O[C@H](CO)[C@@H](OC(=O)c2ccccc2)[C@H]1OC. The Kier molecular flexibility index (Phi) is 6.92. The van der Waals surface area contributed by atoms with Crippen LogP contribution in [0.2, 0.25) is 0 Å². The van der Waals surface area contributed by atoms with Gasteiger partial charge in [0.25, 0.3) is 0 Å². The molecule has 11 heteroatoms.